The van der Waals surface area contributed by atoms with E-state index in [4.69, 9.17) is 4.74 Å². The summed E-state index contributed by atoms with van der Waals surface area (Å²) in [4.78, 5) is 16.1. The second-order valence-corrected chi connectivity index (χ2v) is 6.93. The van der Waals surface area contributed by atoms with Crippen LogP contribution in [-0.2, 0) is 6.42 Å². The molecule has 0 aliphatic carbocycles. The molecule has 0 fully saturated rings. The number of methoxy groups -OCH3 is 1. The number of rotatable bonds is 2. The molecule has 1 aromatic heterocycles. The zero-order valence-electron chi connectivity index (χ0n) is 11.9. The van der Waals surface area contributed by atoms with Crippen molar-refractivity contribution in [2.24, 2.45) is 0 Å². The van der Waals surface area contributed by atoms with Gasteiger partial charge in [-0.3, -0.25) is 4.79 Å². The fraction of sp³-hybridized carbons (Fsp3) is 0.312. The van der Waals surface area contributed by atoms with Crippen molar-refractivity contribution >= 4 is 33.2 Å². The van der Waals surface area contributed by atoms with Crippen LogP contribution in [0, 0.1) is 0 Å². The van der Waals surface area contributed by atoms with Gasteiger partial charge < -0.3 is 9.64 Å². The van der Waals surface area contributed by atoms with Crippen LogP contribution < -0.4 is 4.74 Å². The highest BCUT2D eigenvalue weighted by Crippen LogP contribution is 2.34. The van der Waals surface area contributed by atoms with Gasteiger partial charge in [-0.15, -0.1) is 11.3 Å². The maximum atomic E-state index is 12.8. The maximum absolute atomic E-state index is 12.8. The van der Waals surface area contributed by atoms with E-state index in [1.165, 1.54) is 10.4 Å². The van der Waals surface area contributed by atoms with Crippen LogP contribution in [0.3, 0.4) is 0 Å². The van der Waals surface area contributed by atoms with E-state index >= 15 is 0 Å². The van der Waals surface area contributed by atoms with Crippen molar-refractivity contribution in [1.82, 2.24) is 4.90 Å². The first kappa shape index (κ1) is 14.6. The Bertz CT molecular complexity index is 683. The maximum Gasteiger partial charge on any atom is 0.254 e. The number of thiophene rings is 1. The molecule has 0 radical (unpaired) electrons. The average molecular weight is 366 g/mol. The summed E-state index contributed by atoms with van der Waals surface area (Å²) >= 11 is 5.22. The van der Waals surface area contributed by atoms with Gasteiger partial charge in [0.2, 0.25) is 0 Å². The van der Waals surface area contributed by atoms with Gasteiger partial charge in [0.1, 0.15) is 5.75 Å². The van der Waals surface area contributed by atoms with Gasteiger partial charge in [-0.25, -0.2) is 0 Å². The lowest BCUT2D eigenvalue weighted by molar-refractivity contribution is 0.0679. The molecule has 110 valence electrons. The zero-order valence-corrected chi connectivity index (χ0v) is 14.3. The molecule has 0 bridgehead atoms. The molecule has 3 nitrogen and oxygen atoms in total. The van der Waals surface area contributed by atoms with Crippen molar-refractivity contribution in [3.63, 3.8) is 0 Å². The molecule has 5 heteroatoms. The third-order valence-corrected chi connectivity index (χ3v) is 5.55. The highest BCUT2D eigenvalue weighted by Gasteiger charge is 2.29. The smallest absolute Gasteiger partial charge is 0.254 e. The molecule has 0 saturated heterocycles. The Morgan fingerprint density at radius 3 is 2.95 bits per heavy atom. The van der Waals surface area contributed by atoms with Gasteiger partial charge in [0.05, 0.1) is 17.6 Å². The summed E-state index contributed by atoms with van der Waals surface area (Å²) in [6, 6.07) is 7.74. The predicted octanol–water partition coefficient (Wildman–Crippen LogP) is 4.28. The molecule has 1 amide bonds. The van der Waals surface area contributed by atoms with Gasteiger partial charge in [-0.1, -0.05) is 0 Å². The number of nitrogens with zero attached hydrogens (tertiary/aromatic N) is 1. The molecule has 0 unspecified atom stereocenters. The topological polar surface area (TPSA) is 29.5 Å². The summed E-state index contributed by atoms with van der Waals surface area (Å²) in [5.41, 5.74) is 1.97. The van der Waals surface area contributed by atoms with E-state index in [1.54, 1.807) is 18.4 Å². The fourth-order valence-corrected chi connectivity index (χ4v) is 4.26. The Hall–Kier alpha value is -1.33. The van der Waals surface area contributed by atoms with E-state index in [2.05, 4.69) is 34.3 Å². The number of benzene rings is 1. The van der Waals surface area contributed by atoms with Crippen LogP contribution in [0.4, 0.5) is 0 Å². The van der Waals surface area contributed by atoms with Gasteiger partial charge in [0.25, 0.3) is 5.91 Å². The van der Waals surface area contributed by atoms with E-state index in [0.29, 0.717) is 5.56 Å². The molecule has 2 heterocycles. The number of carbonyl (C=O) groups excluding carboxylic acids is 1. The Balaban J connectivity index is 1.88. The highest BCUT2D eigenvalue weighted by molar-refractivity contribution is 9.10. The summed E-state index contributed by atoms with van der Waals surface area (Å²) in [6.07, 6.45) is 0.945. The Labute approximate surface area is 136 Å². The molecule has 2 aromatic rings. The van der Waals surface area contributed by atoms with Gasteiger partial charge in [0.15, 0.2) is 0 Å². The number of carbonyl (C=O) groups is 1. The number of hydrogen-bond acceptors (Lipinski definition) is 3. The number of halogens is 1. The summed E-state index contributed by atoms with van der Waals surface area (Å²) < 4.78 is 6.01. The second kappa shape index (κ2) is 5.81. The predicted molar refractivity (Wildman–Crippen MR) is 88.2 cm³/mol. The van der Waals surface area contributed by atoms with Gasteiger partial charge >= 0.3 is 0 Å². The van der Waals surface area contributed by atoms with Crippen LogP contribution in [0.25, 0.3) is 0 Å². The molecular formula is C16H16BrNO2S. The second-order valence-electron chi connectivity index (χ2n) is 5.07. The molecule has 1 aliphatic heterocycles. The summed E-state index contributed by atoms with van der Waals surface area (Å²) in [5.74, 6) is 0.807. The summed E-state index contributed by atoms with van der Waals surface area (Å²) in [5, 5.41) is 2.11. The molecule has 1 aliphatic rings. The molecule has 0 spiro atoms. The van der Waals surface area contributed by atoms with Crippen molar-refractivity contribution < 1.29 is 9.53 Å². The number of amides is 1. The Morgan fingerprint density at radius 2 is 2.24 bits per heavy atom. The number of hydrogen-bond donors (Lipinski definition) is 0. The van der Waals surface area contributed by atoms with E-state index in [0.717, 1.165) is 23.2 Å². The fourth-order valence-electron chi connectivity index (χ4n) is 2.75. The first-order chi connectivity index (χ1) is 10.1. The lowest BCUT2D eigenvalue weighted by Crippen LogP contribution is -2.38. The third-order valence-electron chi connectivity index (χ3n) is 3.94. The lowest BCUT2D eigenvalue weighted by Gasteiger charge is -2.33. The molecular weight excluding hydrogens is 350 g/mol. The minimum atomic E-state index is 0.0719. The minimum Gasteiger partial charge on any atom is -0.496 e. The van der Waals surface area contributed by atoms with Crippen molar-refractivity contribution in [2.45, 2.75) is 19.4 Å². The SMILES string of the molecule is COc1ccc(C(=O)N2CCc3sccc3[C@H]2C)cc1Br. The largest absolute Gasteiger partial charge is 0.496 e. The van der Waals surface area contributed by atoms with Crippen molar-refractivity contribution in [2.75, 3.05) is 13.7 Å². The van der Waals surface area contributed by atoms with Crippen LogP contribution >= 0.6 is 27.3 Å². The molecule has 1 aromatic carbocycles. The monoisotopic (exact) mass is 365 g/mol. The van der Waals surface area contributed by atoms with Gasteiger partial charge in [0, 0.05) is 17.0 Å². The van der Waals surface area contributed by atoms with Crippen molar-refractivity contribution in [3.05, 3.63) is 50.1 Å². The zero-order chi connectivity index (χ0) is 15.0. The number of ether oxygens (including phenoxy) is 1. The first-order valence-corrected chi connectivity index (χ1v) is 8.50. The first-order valence-electron chi connectivity index (χ1n) is 6.82. The van der Waals surface area contributed by atoms with Crippen molar-refractivity contribution in [3.8, 4) is 5.75 Å². The molecule has 3 rings (SSSR count). The van der Waals surface area contributed by atoms with E-state index in [1.807, 2.05) is 23.1 Å². The van der Waals surface area contributed by atoms with Crippen LogP contribution in [0.15, 0.2) is 34.1 Å². The van der Waals surface area contributed by atoms with Crippen LogP contribution in [0.2, 0.25) is 0 Å². The summed E-state index contributed by atoms with van der Waals surface area (Å²) in [6.45, 7) is 2.87. The minimum absolute atomic E-state index is 0.0719. The van der Waals surface area contributed by atoms with E-state index < -0.39 is 0 Å². The molecule has 0 saturated carbocycles. The standard InChI is InChI=1S/C16H16BrNO2S/c1-10-12-6-8-21-15(12)5-7-18(10)16(19)11-3-4-14(20-2)13(17)9-11/h3-4,6,8-10H,5,7H2,1-2H3/t10-/m1/s1. The lowest BCUT2D eigenvalue weighted by atomic mass is 10.0. The number of fused-ring (bicyclic) bond motifs is 1. The summed E-state index contributed by atoms with van der Waals surface area (Å²) in [7, 11) is 1.62. The normalized spacial score (nSPS) is 17.5. The average Bonchev–Trinajstić information content (AvgIpc) is 2.96. The quantitative estimate of drug-likeness (QED) is 0.794. The van der Waals surface area contributed by atoms with Crippen molar-refractivity contribution in [1.29, 1.82) is 0 Å². The molecule has 1 atom stereocenters. The van der Waals surface area contributed by atoms with Gasteiger partial charge in [-0.2, -0.15) is 0 Å². The van der Waals surface area contributed by atoms with E-state index in [-0.39, 0.29) is 11.9 Å². The Morgan fingerprint density at radius 1 is 1.43 bits per heavy atom. The van der Waals surface area contributed by atoms with Gasteiger partial charge in [-0.05, 0) is 64.5 Å². The highest BCUT2D eigenvalue weighted by atomic mass is 79.9. The third kappa shape index (κ3) is 2.60. The van der Waals surface area contributed by atoms with E-state index in [9.17, 15) is 4.79 Å². The molecule has 0 N–H and O–H groups in total. The van der Waals surface area contributed by atoms with Crippen LogP contribution in [-0.4, -0.2) is 24.5 Å². The van der Waals surface area contributed by atoms with Crippen LogP contribution in [0.1, 0.15) is 33.8 Å². The van der Waals surface area contributed by atoms with Crippen LogP contribution in [0.5, 0.6) is 5.75 Å². The molecule has 21 heavy (non-hydrogen) atoms. The Kier molecular flexibility index (Phi) is 4.04.